The summed E-state index contributed by atoms with van der Waals surface area (Å²) in [5.74, 6) is 0.0865. The van der Waals surface area contributed by atoms with E-state index in [9.17, 15) is 23.7 Å². The van der Waals surface area contributed by atoms with Crippen LogP contribution in [0.2, 0.25) is 0 Å². The molecule has 3 rings (SSSR count). The monoisotopic (exact) mass is 513 g/mol. The number of phosphoric ester groups is 1. The summed E-state index contributed by atoms with van der Waals surface area (Å²) >= 11 is 0. The maximum Gasteiger partial charge on any atom is 1.00 e. The smallest absolute Gasteiger partial charge is 0.849 e. The Bertz CT molecular complexity index is 1080. The Balaban J connectivity index is 0.00000341. The third-order valence-electron chi connectivity index (χ3n) is 3.65. The van der Waals surface area contributed by atoms with Gasteiger partial charge in [-0.2, -0.15) is 8.62 Å². The van der Waals surface area contributed by atoms with Crippen molar-refractivity contribution in [2.24, 2.45) is 0 Å². The number of imidazole rings is 1. The molecule has 1 fully saturated rings. The molecule has 5 unspecified atom stereocenters. The van der Waals surface area contributed by atoms with E-state index in [1.807, 2.05) is 0 Å². The van der Waals surface area contributed by atoms with E-state index in [0.29, 0.717) is 0 Å². The third-order valence-corrected chi connectivity index (χ3v) is 7.45. The summed E-state index contributed by atoms with van der Waals surface area (Å²) in [5.41, 5.74) is 6.14. The van der Waals surface area contributed by atoms with Gasteiger partial charge in [0.2, 0.25) is 0 Å². The van der Waals surface area contributed by atoms with E-state index in [0.717, 1.165) is 6.33 Å². The van der Waals surface area contributed by atoms with Gasteiger partial charge in [-0.1, -0.05) is 6.10 Å². The number of nitrogens with two attached hydrogens (primary N) is 1. The molecule has 0 spiro atoms. The van der Waals surface area contributed by atoms with Crippen LogP contribution in [-0.2, 0) is 31.6 Å². The van der Waals surface area contributed by atoms with Crippen molar-refractivity contribution in [3.05, 3.63) is 12.7 Å². The summed E-state index contributed by atoms with van der Waals surface area (Å²) < 4.78 is 52.1. The van der Waals surface area contributed by atoms with Gasteiger partial charge >= 0.3 is 53.0 Å². The van der Waals surface area contributed by atoms with E-state index in [4.69, 9.17) is 25.2 Å². The minimum absolute atomic E-state index is 0. The Morgan fingerprint density at radius 3 is 2.48 bits per heavy atom. The quantitative estimate of drug-likeness (QED) is 0.165. The van der Waals surface area contributed by atoms with Crippen LogP contribution in [0.4, 0.5) is 5.82 Å². The van der Waals surface area contributed by atoms with Gasteiger partial charge in [-0.3, -0.25) is 9.09 Å². The standard InChI is InChI=1S/C10H15N5O12P3.Na/c11-8-7-9(13-3-12-8)15(4-14-7)10-6(16)1-5(25-10)2-24-29(20,21)27-30(22,23)26-28(17,18)19;/h3-6,10H,1-2H2,(H,20,21)(H,22,23)(H2,11,12,13)(H2,17,18,19);/q-1;+1. The Hall–Kier alpha value is -0.320. The van der Waals surface area contributed by atoms with E-state index in [1.54, 1.807) is 0 Å². The predicted octanol–water partition coefficient (Wildman–Crippen LogP) is -4.23. The molecule has 0 radical (unpaired) electrons. The Labute approximate surface area is 195 Å². The first-order chi connectivity index (χ1) is 13.8. The maximum absolute atomic E-state index is 12.3. The van der Waals surface area contributed by atoms with Gasteiger partial charge in [0.05, 0.1) is 19.0 Å². The van der Waals surface area contributed by atoms with Gasteiger partial charge in [0.15, 0.2) is 11.5 Å². The normalized spacial score (nSPS) is 25.6. The van der Waals surface area contributed by atoms with Crippen LogP contribution in [0, 0.1) is 0 Å². The summed E-state index contributed by atoms with van der Waals surface area (Å²) in [6.07, 6.45) is -1.31. The molecule has 1 saturated heterocycles. The fourth-order valence-corrected chi connectivity index (χ4v) is 5.65. The molecule has 0 amide bonds. The molecule has 2 aromatic rings. The molecular formula is C10H15N5NaO12P3. The largest absolute Gasteiger partial charge is 1.00 e. The van der Waals surface area contributed by atoms with Crippen LogP contribution >= 0.6 is 23.5 Å². The molecule has 3 heterocycles. The Morgan fingerprint density at radius 2 is 1.84 bits per heavy atom. The van der Waals surface area contributed by atoms with Gasteiger partial charge < -0.3 is 35.2 Å². The molecule has 168 valence electrons. The van der Waals surface area contributed by atoms with Gasteiger partial charge in [0, 0.05) is 0 Å². The van der Waals surface area contributed by atoms with Crippen molar-refractivity contribution in [1.29, 1.82) is 0 Å². The Morgan fingerprint density at radius 1 is 1.16 bits per heavy atom. The van der Waals surface area contributed by atoms with E-state index in [-0.39, 0.29) is 53.0 Å². The van der Waals surface area contributed by atoms with Crippen LogP contribution in [-0.4, -0.2) is 57.9 Å². The molecule has 5 atom stereocenters. The van der Waals surface area contributed by atoms with Gasteiger partial charge in [0.1, 0.15) is 18.1 Å². The van der Waals surface area contributed by atoms with Crippen LogP contribution < -0.4 is 40.4 Å². The number of nitrogen functional groups attached to an aromatic ring is 1. The Kier molecular flexibility index (Phi) is 8.59. The molecule has 1 aliphatic rings. The molecule has 2 aromatic heterocycles. The van der Waals surface area contributed by atoms with E-state index in [1.165, 1.54) is 10.9 Å². The number of rotatable bonds is 8. The third kappa shape index (κ3) is 7.08. The molecule has 17 nitrogen and oxygen atoms in total. The first-order valence-electron chi connectivity index (χ1n) is 7.79. The van der Waals surface area contributed by atoms with E-state index >= 15 is 0 Å². The number of ether oxygens (including phenoxy) is 1. The van der Waals surface area contributed by atoms with Gasteiger partial charge in [-0.25, -0.2) is 28.6 Å². The van der Waals surface area contributed by atoms with Crippen LogP contribution in [0.5, 0.6) is 0 Å². The molecule has 0 aliphatic carbocycles. The molecule has 0 bridgehead atoms. The summed E-state index contributed by atoms with van der Waals surface area (Å²) in [4.78, 5) is 47.3. The van der Waals surface area contributed by atoms with Gasteiger partial charge in [-0.05, 0) is 6.42 Å². The zero-order chi connectivity index (χ0) is 22.3. The summed E-state index contributed by atoms with van der Waals surface area (Å²) in [6, 6.07) is 0. The molecule has 0 saturated carbocycles. The van der Waals surface area contributed by atoms with Crippen LogP contribution in [0.1, 0.15) is 12.6 Å². The zero-order valence-corrected chi connectivity index (χ0v) is 20.2. The fraction of sp³-hybridized carbons (Fsp3) is 0.500. The van der Waals surface area contributed by atoms with E-state index in [2.05, 4.69) is 28.1 Å². The van der Waals surface area contributed by atoms with Gasteiger partial charge in [-0.15, -0.1) is 0 Å². The van der Waals surface area contributed by atoms with Crippen molar-refractivity contribution < 1.29 is 85.8 Å². The first-order valence-corrected chi connectivity index (χ1v) is 12.3. The number of nitrogens with zero attached hydrogens (tertiary/aromatic N) is 4. The molecule has 21 heteroatoms. The topological polar surface area (TPSA) is 262 Å². The minimum atomic E-state index is -5.63. The van der Waals surface area contributed by atoms with Crippen LogP contribution in [0.3, 0.4) is 0 Å². The summed E-state index contributed by atoms with van der Waals surface area (Å²) in [6.45, 7) is -0.733. The number of fused-ring (bicyclic) bond motifs is 1. The summed E-state index contributed by atoms with van der Waals surface area (Å²) in [7, 11) is -16.5. The van der Waals surface area contributed by atoms with E-state index < -0.39 is 48.5 Å². The van der Waals surface area contributed by atoms with Crippen molar-refractivity contribution in [1.82, 2.24) is 19.5 Å². The number of phosphoric acid groups is 3. The second kappa shape index (κ2) is 9.89. The second-order valence-electron chi connectivity index (χ2n) is 5.89. The molecule has 31 heavy (non-hydrogen) atoms. The summed E-state index contributed by atoms with van der Waals surface area (Å²) in [5, 5.41) is 12.3. The van der Waals surface area contributed by atoms with Crippen molar-refractivity contribution in [2.75, 3.05) is 12.3 Å². The fourth-order valence-electron chi connectivity index (χ4n) is 2.60. The molecule has 1 aliphatic heterocycles. The van der Waals surface area contributed by atoms with Crippen molar-refractivity contribution in [3.8, 4) is 0 Å². The average molecular weight is 513 g/mol. The number of hydrogen-bond donors (Lipinski definition) is 5. The van der Waals surface area contributed by atoms with Gasteiger partial charge in [0.25, 0.3) is 0 Å². The SMILES string of the molecule is Nc1ncnc2c1ncn2C1OC(COP(=O)(O)OP(=O)(O)OP(=O)(O)O)CC1[O-].[Na+]. The first kappa shape index (κ1) is 26.9. The predicted molar refractivity (Wildman–Crippen MR) is 91.9 cm³/mol. The maximum atomic E-state index is 12.3. The molecule has 0 aromatic carbocycles. The van der Waals surface area contributed by atoms with Crippen molar-refractivity contribution >= 4 is 40.4 Å². The minimum Gasteiger partial charge on any atom is -0.849 e. The zero-order valence-electron chi connectivity index (χ0n) is 15.6. The van der Waals surface area contributed by atoms with Crippen molar-refractivity contribution in [2.45, 2.75) is 24.9 Å². The number of anilines is 1. The molecular weight excluding hydrogens is 498 g/mol. The van der Waals surface area contributed by atoms with Crippen molar-refractivity contribution in [3.63, 3.8) is 0 Å². The second-order valence-corrected chi connectivity index (χ2v) is 10.3. The molecule has 6 N–H and O–H groups in total. The van der Waals surface area contributed by atoms with Crippen LogP contribution in [0.15, 0.2) is 12.7 Å². The van der Waals surface area contributed by atoms with Crippen LogP contribution in [0.25, 0.3) is 11.2 Å². The average Bonchev–Trinajstić information content (AvgIpc) is 3.13. The number of hydrogen-bond acceptors (Lipinski definition) is 12. The number of aromatic nitrogens is 4.